The van der Waals surface area contributed by atoms with Crippen LogP contribution >= 0.6 is 34.4 Å². The number of nitrogens with one attached hydrogen (secondary N) is 2. The van der Waals surface area contributed by atoms with Crippen molar-refractivity contribution in [2.24, 2.45) is 4.99 Å². The molecule has 3 aromatic rings. The van der Waals surface area contributed by atoms with Gasteiger partial charge in [-0.25, -0.2) is 4.99 Å². The summed E-state index contributed by atoms with van der Waals surface area (Å²) in [4.78, 5) is 29.3. The molecule has 0 aromatic heterocycles. The van der Waals surface area contributed by atoms with Crippen LogP contribution in [0, 0.1) is 3.57 Å². The maximum atomic E-state index is 12.2. The fourth-order valence-corrected chi connectivity index (χ4v) is 3.99. The molecule has 0 unspecified atom stereocenters. The van der Waals surface area contributed by atoms with Gasteiger partial charge in [0.05, 0.1) is 10.6 Å². The molecule has 0 spiro atoms. The van der Waals surface area contributed by atoms with Gasteiger partial charge in [-0.15, -0.1) is 0 Å². The number of thioether (sulfide) groups is 1. The van der Waals surface area contributed by atoms with Gasteiger partial charge in [-0.3, -0.25) is 9.59 Å². The highest BCUT2D eigenvalue weighted by Crippen LogP contribution is 2.28. The molecule has 1 fully saturated rings. The number of amides is 2. The molecule has 1 heterocycles. The van der Waals surface area contributed by atoms with Crippen LogP contribution in [0.25, 0.3) is 6.08 Å². The smallest absolute Gasteiger partial charge is 0.264 e. The van der Waals surface area contributed by atoms with Gasteiger partial charge in [0.15, 0.2) is 11.8 Å². The second-order valence-corrected chi connectivity index (χ2v) is 9.01. The van der Waals surface area contributed by atoms with E-state index in [1.807, 2.05) is 66.7 Å². The number of rotatable bonds is 6. The largest absolute Gasteiger partial charge is 0.484 e. The van der Waals surface area contributed by atoms with E-state index in [1.165, 1.54) is 11.8 Å². The van der Waals surface area contributed by atoms with E-state index in [-0.39, 0.29) is 18.4 Å². The van der Waals surface area contributed by atoms with E-state index in [9.17, 15) is 9.59 Å². The molecule has 1 saturated heterocycles. The van der Waals surface area contributed by atoms with Gasteiger partial charge in [-0.05, 0) is 94.5 Å². The standard InChI is InChI=1S/C24H18IN3O3S/c25-17-8-10-19(11-9-17)26-22(29)15-31-20-12-6-16(7-13-20)14-21-23(30)28-24(32-21)27-18-4-2-1-3-5-18/h1-14H,15H2,(H,26,29)(H,27,28,30)/b21-14-. The Hall–Kier alpha value is -3.11. The number of ether oxygens (including phenoxy) is 1. The highest BCUT2D eigenvalue weighted by Gasteiger charge is 2.23. The maximum Gasteiger partial charge on any atom is 0.264 e. The Morgan fingerprint density at radius 2 is 1.75 bits per heavy atom. The Morgan fingerprint density at radius 1 is 1.03 bits per heavy atom. The number of para-hydroxylation sites is 1. The Labute approximate surface area is 203 Å². The van der Waals surface area contributed by atoms with Gasteiger partial charge >= 0.3 is 0 Å². The number of carbonyl (C=O) groups is 2. The third kappa shape index (κ3) is 6.21. The summed E-state index contributed by atoms with van der Waals surface area (Å²) in [5, 5.41) is 6.11. The zero-order chi connectivity index (χ0) is 22.3. The first-order valence-corrected chi connectivity index (χ1v) is 11.6. The third-order valence-corrected chi connectivity index (χ3v) is 5.94. The van der Waals surface area contributed by atoms with Crippen molar-refractivity contribution >= 4 is 68.8 Å². The first-order valence-electron chi connectivity index (χ1n) is 9.68. The SMILES string of the molecule is O=C(COc1ccc(/C=C2\SC(=Nc3ccccc3)NC2=O)cc1)Nc1ccc(I)cc1. The molecule has 1 aliphatic heterocycles. The molecular weight excluding hydrogens is 537 g/mol. The van der Waals surface area contributed by atoms with Crippen LogP contribution < -0.4 is 15.4 Å². The minimum atomic E-state index is -0.235. The highest BCUT2D eigenvalue weighted by atomic mass is 127. The molecule has 1 aliphatic rings. The lowest BCUT2D eigenvalue weighted by Gasteiger charge is -2.08. The van der Waals surface area contributed by atoms with Crippen molar-refractivity contribution in [2.45, 2.75) is 0 Å². The number of nitrogens with zero attached hydrogens (tertiary/aromatic N) is 1. The first-order chi connectivity index (χ1) is 15.5. The van der Waals surface area contributed by atoms with Crippen LogP contribution in [0.15, 0.2) is 88.8 Å². The normalized spacial score (nSPS) is 15.6. The molecule has 3 aromatic carbocycles. The van der Waals surface area contributed by atoms with Crippen LogP contribution in [-0.2, 0) is 9.59 Å². The summed E-state index contributed by atoms with van der Waals surface area (Å²) < 4.78 is 6.65. The Kier molecular flexibility index (Phi) is 7.23. The van der Waals surface area contributed by atoms with E-state index in [1.54, 1.807) is 18.2 Å². The zero-order valence-corrected chi connectivity index (χ0v) is 19.7. The average molecular weight is 555 g/mol. The lowest BCUT2D eigenvalue weighted by atomic mass is 10.2. The van der Waals surface area contributed by atoms with Gasteiger partial charge < -0.3 is 15.4 Å². The number of hydrogen-bond donors (Lipinski definition) is 2. The Balaban J connectivity index is 1.32. The van der Waals surface area contributed by atoms with Gasteiger partial charge in [0.1, 0.15) is 5.75 Å². The fraction of sp³-hybridized carbons (Fsp3) is 0.0417. The maximum absolute atomic E-state index is 12.2. The summed E-state index contributed by atoms with van der Waals surface area (Å²) in [5.41, 5.74) is 2.35. The number of amidine groups is 1. The van der Waals surface area contributed by atoms with E-state index < -0.39 is 0 Å². The molecule has 0 radical (unpaired) electrons. The first kappa shape index (κ1) is 22.1. The van der Waals surface area contributed by atoms with Crippen LogP contribution in [0.1, 0.15) is 5.56 Å². The number of benzene rings is 3. The summed E-state index contributed by atoms with van der Waals surface area (Å²) in [6, 6.07) is 24.2. The summed E-state index contributed by atoms with van der Waals surface area (Å²) >= 11 is 3.50. The van der Waals surface area contributed by atoms with Crippen LogP contribution in [0.5, 0.6) is 5.75 Å². The molecular formula is C24H18IN3O3S. The van der Waals surface area contributed by atoms with Crippen LogP contribution in [0.3, 0.4) is 0 Å². The van der Waals surface area contributed by atoms with Gasteiger partial charge in [0, 0.05) is 9.26 Å². The van der Waals surface area contributed by atoms with Crippen molar-refractivity contribution in [3.8, 4) is 5.75 Å². The van der Waals surface area contributed by atoms with E-state index in [0.717, 1.165) is 20.5 Å². The lowest BCUT2D eigenvalue weighted by molar-refractivity contribution is -0.118. The monoisotopic (exact) mass is 555 g/mol. The molecule has 4 rings (SSSR count). The summed E-state index contributed by atoms with van der Waals surface area (Å²) in [6.45, 7) is -0.0933. The molecule has 32 heavy (non-hydrogen) atoms. The molecule has 6 nitrogen and oxygen atoms in total. The number of anilines is 1. The topological polar surface area (TPSA) is 79.8 Å². The molecule has 2 amide bonds. The van der Waals surface area contributed by atoms with E-state index in [2.05, 4.69) is 38.2 Å². The van der Waals surface area contributed by atoms with Crippen molar-refractivity contribution in [1.29, 1.82) is 0 Å². The van der Waals surface area contributed by atoms with Gasteiger partial charge in [-0.1, -0.05) is 30.3 Å². The fourth-order valence-electron chi connectivity index (χ4n) is 2.79. The van der Waals surface area contributed by atoms with Crippen molar-refractivity contribution in [2.75, 3.05) is 11.9 Å². The third-order valence-electron chi connectivity index (χ3n) is 4.31. The number of carbonyl (C=O) groups excluding carboxylic acids is 2. The van der Waals surface area contributed by atoms with Crippen LogP contribution in [0.4, 0.5) is 11.4 Å². The van der Waals surface area contributed by atoms with E-state index in [4.69, 9.17) is 4.74 Å². The second-order valence-electron chi connectivity index (χ2n) is 6.73. The summed E-state index contributed by atoms with van der Waals surface area (Å²) in [6.07, 6.45) is 1.79. The molecule has 0 aliphatic carbocycles. The van der Waals surface area contributed by atoms with E-state index >= 15 is 0 Å². The second kappa shape index (κ2) is 10.5. The Bertz CT molecular complexity index is 1180. The predicted octanol–water partition coefficient (Wildman–Crippen LogP) is 5.20. The summed E-state index contributed by atoms with van der Waals surface area (Å²) in [5.74, 6) is 0.152. The molecule has 8 heteroatoms. The molecule has 2 N–H and O–H groups in total. The van der Waals surface area contributed by atoms with Gasteiger partial charge in [0.2, 0.25) is 0 Å². The lowest BCUT2D eigenvalue weighted by Crippen LogP contribution is -2.20. The average Bonchev–Trinajstić information content (AvgIpc) is 3.14. The van der Waals surface area contributed by atoms with Crippen molar-refractivity contribution < 1.29 is 14.3 Å². The van der Waals surface area contributed by atoms with E-state index in [0.29, 0.717) is 15.8 Å². The van der Waals surface area contributed by atoms with Crippen molar-refractivity contribution in [3.05, 3.63) is 92.9 Å². The number of hydrogen-bond acceptors (Lipinski definition) is 5. The quantitative estimate of drug-likeness (QED) is 0.324. The van der Waals surface area contributed by atoms with Crippen LogP contribution in [-0.4, -0.2) is 23.6 Å². The number of aliphatic imine (C=N–C) groups is 1. The van der Waals surface area contributed by atoms with Crippen LogP contribution in [0.2, 0.25) is 0 Å². The molecule has 160 valence electrons. The molecule has 0 atom stereocenters. The van der Waals surface area contributed by atoms with Gasteiger partial charge in [0.25, 0.3) is 11.8 Å². The minimum absolute atomic E-state index is 0.0933. The highest BCUT2D eigenvalue weighted by molar-refractivity contribution is 14.1. The Morgan fingerprint density at radius 3 is 2.47 bits per heavy atom. The van der Waals surface area contributed by atoms with Gasteiger partial charge in [-0.2, -0.15) is 0 Å². The summed E-state index contributed by atoms with van der Waals surface area (Å²) in [7, 11) is 0. The molecule has 0 saturated carbocycles. The number of halogens is 1. The van der Waals surface area contributed by atoms with Crippen molar-refractivity contribution in [1.82, 2.24) is 5.32 Å². The predicted molar refractivity (Wildman–Crippen MR) is 137 cm³/mol. The molecule has 0 bridgehead atoms. The minimum Gasteiger partial charge on any atom is -0.484 e. The van der Waals surface area contributed by atoms with Crippen molar-refractivity contribution in [3.63, 3.8) is 0 Å². The zero-order valence-electron chi connectivity index (χ0n) is 16.7.